The molecule has 0 bridgehead atoms. The first-order chi connectivity index (χ1) is 13.8. The summed E-state index contributed by atoms with van der Waals surface area (Å²) in [4.78, 5) is 31.5. The van der Waals surface area contributed by atoms with Gasteiger partial charge in [0.25, 0.3) is 0 Å². The quantitative estimate of drug-likeness (QED) is 0.115. The van der Waals surface area contributed by atoms with Crippen molar-refractivity contribution in [2.24, 2.45) is 0 Å². The second-order valence-corrected chi connectivity index (χ2v) is 7.06. The Morgan fingerprint density at radius 2 is 1.45 bits per heavy atom. The van der Waals surface area contributed by atoms with Crippen LogP contribution in [0.15, 0.2) is 24.3 Å². The maximum atomic E-state index is 11.3. The SMILES string of the molecule is CC/C=C\C/C=C\CC(C(O)CC(O)C(CCCCCCC=O)[N+](=O)[O-])[N+](=O)[O-]. The van der Waals surface area contributed by atoms with E-state index in [1.54, 1.807) is 12.2 Å². The molecule has 0 aromatic heterocycles. The molecule has 0 aromatic carbocycles. The second kappa shape index (κ2) is 16.8. The van der Waals surface area contributed by atoms with E-state index in [1.807, 2.05) is 19.1 Å². The van der Waals surface area contributed by atoms with E-state index in [4.69, 9.17) is 0 Å². The fourth-order valence-electron chi connectivity index (χ4n) is 2.99. The monoisotopic (exact) mass is 414 g/mol. The van der Waals surface area contributed by atoms with Gasteiger partial charge in [-0.3, -0.25) is 20.2 Å². The van der Waals surface area contributed by atoms with Gasteiger partial charge in [-0.15, -0.1) is 0 Å². The number of nitro groups is 2. The molecule has 0 aliphatic heterocycles. The summed E-state index contributed by atoms with van der Waals surface area (Å²) in [7, 11) is 0. The van der Waals surface area contributed by atoms with Gasteiger partial charge in [0.05, 0.1) is 0 Å². The van der Waals surface area contributed by atoms with Gasteiger partial charge in [-0.1, -0.05) is 44.1 Å². The average Bonchev–Trinajstić information content (AvgIpc) is 2.65. The zero-order valence-electron chi connectivity index (χ0n) is 17.1. The van der Waals surface area contributed by atoms with E-state index in [2.05, 4.69) is 0 Å². The Bertz CT molecular complexity index is 537. The average molecular weight is 414 g/mol. The van der Waals surface area contributed by atoms with Gasteiger partial charge in [0.15, 0.2) is 0 Å². The summed E-state index contributed by atoms with van der Waals surface area (Å²) in [6, 6.07) is -2.61. The van der Waals surface area contributed by atoms with E-state index in [1.165, 1.54) is 0 Å². The molecule has 9 nitrogen and oxygen atoms in total. The molecule has 0 spiro atoms. The second-order valence-electron chi connectivity index (χ2n) is 7.06. The van der Waals surface area contributed by atoms with Gasteiger partial charge in [-0.25, -0.2) is 0 Å². The Balaban J connectivity index is 4.62. The number of aliphatic hydroxyl groups is 2. The van der Waals surface area contributed by atoms with Crippen LogP contribution in [0.4, 0.5) is 0 Å². The van der Waals surface area contributed by atoms with Crippen molar-refractivity contribution in [3.8, 4) is 0 Å². The molecule has 0 aliphatic rings. The molecule has 29 heavy (non-hydrogen) atoms. The van der Waals surface area contributed by atoms with Crippen LogP contribution >= 0.6 is 0 Å². The highest BCUT2D eigenvalue weighted by molar-refractivity contribution is 5.48. The molecule has 0 saturated heterocycles. The number of aliphatic hydroxyl groups excluding tert-OH is 2. The van der Waals surface area contributed by atoms with Gasteiger partial charge in [-0.2, -0.15) is 0 Å². The summed E-state index contributed by atoms with van der Waals surface area (Å²) in [6.07, 6.45) is 9.51. The maximum absolute atomic E-state index is 11.3. The van der Waals surface area contributed by atoms with Gasteiger partial charge in [0, 0.05) is 35.5 Å². The molecule has 0 rings (SSSR count). The van der Waals surface area contributed by atoms with Crippen LogP contribution in [-0.2, 0) is 4.79 Å². The van der Waals surface area contributed by atoms with Crippen LogP contribution in [0.1, 0.15) is 71.1 Å². The number of unbranched alkanes of at least 4 members (excludes halogenated alkanes) is 4. The van der Waals surface area contributed by atoms with Gasteiger partial charge in [-0.05, 0) is 25.7 Å². The zero-order valence-corrected chi connectivity index (χ0v) is 17.1. The molecule has 0 saturated carbocycles. The van der Waals surface area contributed by atoms with Crippen molar-refractivity contribution in [3.05, 3.63) is 44.5 Å². The summed E-state index contributed by atoms with van der Waals surface area (Å²) >= 11 is 0. The van der Waals surface area contributed by atoms with Crippen LogP contribution in [0.3, 0.4) is 0 Å². The van der Waals surface area contributed by atoms with Crippen LogP contribution < -0.4 is 0 Å². The number of hydrogen-bond acceptors (Lipinski definition) is 7. The first-order valence-corrected chi connectivity index (χ1v) is 10.2. The van der Waals surface area contributed by atoms with Crippen molar-refractivity contribution in [2.75, 3.05) is 0 Å². The van der Waals surface area contributed by atoms with Crippen molar-refractivity contribution in [2.45, 2.75) is 95.4 Å². The molecule has 166 valence electrons. The van der Waals surface area contributed by atoms with E-state index in [-0.39, 0.29) is 12.8 Å². The third-order valence-electron chi connectivity index (χ3n) is 4.70. The lowest BCUT2D eigenvalue weighted by molar-refractivity contribution is -0.543. The third kappa shape index (κ3) is 12.8. The minimum atomic E-state index is -1.48. The normalized spacial score (nSPS) is 16.0. The van der Waals surface area contributed by atoms with Gasteiger partial charge >= 0.3 is 0 Å². The first kappa shape index (κ1) is 26.9. The van der Waals surface area contributed by atoms with E-state index < -0.39 is 40.6 Å². The fraction of sp³-hybridized carbons (Fsp3) is 0.750. The van der Waals surface area contributed by atoms with Crippen LogP contribution in [0.2, 0.25) is 0 Å². The Labute approximate surface area is 171 Å². The lowest BCUT2D eigenvalue weighted by Crippen LogP contribution is -2.41. The Morgan fingerprint density at radius 3 is 2.03 bits per heavy atom. The van der Waals surface area contributed by atoms with Gasteiger partial charge in [0.1, 0.15) is 18.5 Å². The summed E-state index contributed by atoms with van der Waals surface area (Å²) in [5.74, 6) is 0. The predicted molar refractivity (Wildman–Crippen MR) is 110 cm³/mol. The largest absolute Gasteiger partial charge is 0.386 e. The molecular formula is C20H34N2O7. The molecule has 4 atom stereocenters. The molecular weight excluding hydrogens is 380 g/mol. The van der Waals surface area contributed by atoms with E-state index in [0.717, 1.165) is 25.5 Å². The number of carbonyl (C=O) groups excluding carboxylic acids is 1. The van der Waals surface area contributed by atoms with Gasteiger partial charge in [0.2, 0.25) is 12.1 Å². The standard InChI is InChI=1S/C20H34N2O7/c1-2-3-4-5-7-10-13-17(21(26)27)19(24)16-20(25)18(22(28)29)14-11-8-6-9-12-15-23/h3-4,7,10,15,17-20,24-25H,2,5-6,8-9,11-14,16H2,1H3/b4-3-,10-7-. The molecule has 2 N–H and O–H groups in total. The summed E-state index contributed by atoms with van der Waals surface area (Å²) in [5.41, 5.74) is 0. The van der Waals surface area contributed by atoms with Crippen molar-refractivity contribution < 1.29 is 24.9 Å². The first-order valence-electron chi connectivity index (χ1n) is 10.2. The topological polar surface area (TPSA) is 144 Å². The predicted octanol–water partition coefficient (Wildman–Crippen LogP) is 3.23. The molecule has 4 unspecified atom stereocenters. The summed E-state index contributed by atoms with van der Waals surface area (Å²) < 4.78 is 0. The number of carbonyl (C=O) groups is 1. The van der Waals surface area contributed by atoms with Crippen LogP contribution in [0, 0.1) is 20.2 Å². The van der Waals surface area contributed by atoms with Crippen molar-refractivity contribution in [1.29, 1.82) is 0 Å². The van der Waals surface area contributed by atoms with Gasteiger partial charge < -0.3 is 15.0 Å². The molecule has 0 amide bonds. The maximum Gasteiger partial charge on any atom is 0.242 e. The van der Waals surface area contributed by atoms with Crippen LogP contribution in [0.25, 0.3) is 0 Å². The number of hydrogen-bond donors (Lipinski definition) is 2. The number of nitrogens with zero attached hydrogens (tertiary/aromatic N) is 2. The third-order valence-corrected chi connectivity index (χ3v) is 4.70. The van der Waals surface area contributed by atoms with E-state index in [0.29, 0.717) is 25.7 Å². The Hall–Kier alpha value is -2.13. The molecule has 0 aliphatic carbocycles. The number of allylic oxidation sites excluding steroid dienone is 3. The Morgan fingerprint density at radius 1 is 0.862 bits per heavy atom. The van der Waals surface area contributed by atoms with Crippen LogP contribution in [-0.4, -0.2) is 50.6 Å². The highest BCUT2D eigenvalue weighted by atomic mass is 16.6. The summed E-state index contributed by atoms with van der Waals surface area (Å²) in [5, 5.41) is 42.9. The molecule has 0 aromatic rings. The van der Waals surface area contributed by atoms with E-state index in [9.17, 15) is 35.2 Å². The van der Waals surface area contributed by atoms with Crippen molar-refractivity contribution in [1.82, 2.24) is 0 Å². The minimum Gasteiger partial charge on any atom is -0.386 e. The number of rotatable bonds is 18. The van der Waals surface area contributed by atoms with Crippen molar-refractivity contribution in [3.63, 3.8) is 0 Å². The lowest BCUT2D eigenvalue weighted by Gasteiger charge is -2.20. The molecule has 0 fully saturated rings. The van der Waals surface area contributed by atoms with Crippen molar-refractivity contribution >= 4 is 6.29 Å². The molecule has 9 heteroatoms. The highest BCUT2D eigenvalue weighted by Gasteiger charge is 2.36. The molecule has 0 radical (unpaired) electrons. The number of aldehydes is 1. The molecule has 0 heterocycles. The fourth-order valence-corrected chi connectivity index (χ4v) is 2.99. The zero-order chi connectivity index (χ0) is 22.1. The lowest BCUT2D eigenvalue weighted by atomic mass is 9.95. The van der Waals surface area contributed by atoms with E-state index >= 15 is 0 Å². The Kier molecular flexibility index (Phi) is 15.6. The minimum absolute atomic E-state index is 0.0132. The smallest absolute Gasteiger partial charge is 0.242 e. The van der Waals surface area contributed by atoms with Crippen LogP contribution in [0.5, 0.6) is 0 Å². The highest BCUT2D eigenvalue weighted by Crippen LogP contribution is 2.18. The summed E-state index contributed by atoms with van der Waals surface area (Å²) in [6.45, 7) is 2.00.